The number of ketones is 1. The molecule has 9 heteroatoms. The molecule has 33 heavy (non-hydrogen) atoms. The number of nitrogens with one attached hydrogen (secondary N) is 1. The summed E-state index contributed by atoms with van der Waals surface area (Å²) in [6.45, 7) is 0. The number of nitriles is 1. The van der Waals surface area contributed by atoms with Gasteiger partial charge in [0, 0.05) is 34.6 Å². The van der Waals surface area contributed by atoms with Crippen LogP contribution in [0.5, 0.6) is 0 Å². The Hall–Kier alpha value is -4.06. The molecule has 0 unspecified atom stereocenters. The van der Waals surface area contributed by atoms with E-state index in [1.54, 1.807) is 24.3 Å². The molecule has 0 saturated heterocycles. The molecule has 166 valence electrons. The second-order valence-corrected chi connectivity index (χ2v) is 8.10. The molecule has 0 radical (unpaired) electrons. The molecule has 0 aromatic heterocycles. The van der Waals surface area contributed by atoms with Gasteiger partial charge in [-0.15, -0.1) is 0 Å². The van der Waals surface area contributed by atoms with Crippen LogP contribution in [0.4, 0.5) is 24.5 Å². The van der Waals surface area contributed by atoms with Crippen LogP contribution in [0.2, 0.25) is 0 Å². The summed E-state index contributed by atoms with van der Waals surface area (Å²) in [6.07, 6.45) is -3.46. The fraction of sp³-hybridized carbons (Fsp3) is 0.208. The zero-order valence-electron chi connectivity index (χ0n) is 17.2. The van der Waals surface area contributed by atoms with Crippen molar-refractivity contribution < 1.29 is 22.8 Å². The predicted octanol–water partition coefficient (Wildman–Crippen LogP) is 4.12. The molecule has 2 aromatic carbocycles. The lowest BCUT2D eigenvalue weighted by molar-refractivity contribution is -0.137. The number of nitrogens with zero attached hydrogens (tertiary/aromatic N) is 2. The summed E-state index contributed by atoms with van der Waals surface area (Å²) in [5.41, 5.74) is 5.60. The molecule has 1 spiro atoms. The number of anilines is 2. The van der Waals surface area contributed by atoms with Gasteiger partial charge in [-0.3, -0.25) is 14.5 Å². The molecule has 3 N–H and O–H groups in total. The Morgan fingerprint density at radius 2 is 1.76 bits per heavy atom. The van der Waals surface area contributed by atoms with Gasteiger partial charge < -0.3 is 11.1 Å². The van der Waals surface area contributed by atoms with Crippen LogP contribution in [0.25, 0.3) is 0 Å². The molecule has 1 amide bonds. The van der Waals surface area contributed by atoms with Crippen molar-refractivity contribution in [2.24, 2.45) is 5.73 Å². The maximum Gasteiger partial charge on any atom is 0.416 e. The standard InChI is InChI=1S/C24H17F3N4O2/c25-24(26,27)13-8-10-14(11-9-13)31-18-6-3-7-19(32)20(18)23(16(12-28)21(31)29)15-4-1-2-5-17(15)30-22(23)33/h1-2,4-5,8-11H,3,6-7,29H2,(H,30,33)/t23-/m1/s1. The number of carbonyl (C=O) groups excluding carboxylic acids is 2. The van der Waals surface area contributed by atoms with E-state index < -0.39 is 23.1 Å². The van der Waals surface area contributed by atoms with E-state index >= 15 is 0 Å². The van der Waals surface area contributed by atoms with E-state index in [1.807, 2.05) is 6.07 Å². The van der Waals surface area contributed by atoms with Gasteiger partial charge in [0.15, 0.2) is 5.78 Å². The van der Waals surface area contributed by atoms with Gasteiger partial charge in [-0.1, -0.05) is 18.2 Å². The minimum Gasteiger partial charge on any atom is -0.384 e. The minimum atomic E-state index is -4.51. The molecule has 5 rings (SSSR count). The second kappa shape index (κ2) is 6.97. The number of allylic oxidation sites excluding steroid dienone is 1. The summed E-state index contributed by atoms with van der Waals surface area (Å²) in [7, 11) is 0. The Balaban J connectivity index is 1.80. The SMILES string of the molecule is N#CC1=C(N)N(c2ccc(C(F)(F)F)cc2)C2=C(C(=O)CCC2)[C@]12C(=O)Nc1ccccc12. The van der Waals surface area contributed by atoms with E-state index in [0.717, 1.165) is 12.1 Å². The summed E-state index contributed by atoms with van der Waals surface area (Å²) in [5.74, 6) is -0.921. The van der Waals surface area contributed by atoms with Crippen molar-refractivity contribution in [1.29, 1.82) is 5.26 Å². The van der Waals surface area contributed by atoms with E-state index in [9.17, 15) is 28.0 Å². The number of Topliss-reactive ketones (excluding diaryl/α,β-unsaturated/α-hetero) is 1. The first-order valence-corrected chi connectivity index (χ1v) is 10.3. The third-order valence-corrected chi connectivity index (χ3v) is 6.39. The van der Waals surface area contributed by atoms with Crippen molar-refractivity contribution in [2.45, 2.75) is 30.9 Å². The number of hydrogen-bond acceptors (Lipinski definition) is 5. The molecule has 0 fully saturated rings. The molecule has 6 nitrogen and oxygen atoms in total. The Labute approximate surface area is 186 Å². The van der Waals surface area contributed by atoms with Gasteiger partial charge in [-0.05, 0) is 43.2 Å². The third-order valence-electron chi connectivity index (χ3n) is 6.39. The monoisotopic (exact) mass is 450 g/mol. The number of carbonyl (C=O) groups is 2. The number of alkyl halides is 3. The van der Waals surface area contributed by atoms with E-state index in [0.29, 0.717) is 29.8 Å². The van der Waals surface area contributed by atoms with E-state index in [2.05, 4.69) is 5.32 Å². The number of rotatable bonds is 1. The molecule has 3 aliphatic rings. The molecule has 1 aliphatic carbocycles. The minimum absolute atomic E-state index is 0.0856. The summed E-state index contributed by atoms with van der Waals surface area (Å²) in [4.78, 5) is 28.2. The van der Waals surface area contributed by atoms with Gasteiger partial charge >= 0.3 is 6.18 Å². The van der Waals surface area contributed by atoms with Gasteiger partial charge in [-0.25, -0.2) is 0 Å². The Bertz CT molecular complexity index is 1320. The van der Waals surface area contributed by atoms with Crippen LogP contribution in [0.15, 0.2) is 71.2 Å². The molecule has 0 saturated carbocycles. The topological polar surface area (TPSA) is 99.2 Å². The van der Waals surface area contributed by atoms with Gasteiger partial charge in [0.05, 0.1) is 11.1 Å². The van der Waals surface area contributed by atoms with E-state index in [4.69, 9.17) is 5.73 Å². The van der Waals surface area contributed by atoms with Crippen LogP contribution in [0, 0.1) is 11.3 Å². The number of amides is 1. The molecular weight excluding hydrogens is 433 g/mol. The number of para-hydroxylation sites is 1. The van der Waals surface area contributed by atoms with Gasteiger partial charge in [0.2, 0.25) is 5.91 Å². The normalized spacial score (nSPS) is 22.3. The smallest absolute Gasteiger partial charge is 0.384 e. The number of halogens is 3. The first-order valence-electron chi connectivity index (χ1n) is 10.3. The molecule has 2 heterocycles. The van der Waals surface area contributed by atoms with Gasteiger partial charge in [0.1, 0.15) is 17.3 Å². The number of benzene rings is 2. The number of fused-ring (bicyclic) bond motifs is 3. The Morgan fingerprint density at radius 3 is 2.42 bits per heavy atom. The van der Waals surface area contributed by atoms with Crippen molar-refractivity contribution in [3.8, 4) is 6.07 Å². The maximum atomic E-state index is 13.4. The van der Waals surface area contributed by atoms with E-state index in [-0.39, 0.29) is 34.9 Å². The highest BCUT2D eigenvalue weighted by molar-refractivity contribution is 6.19. The largest absolute Gasteiger partial charge is 0.416 e. The fourth-order valence-electron chi connectivity index (χ4n) is 5.04. The zero-order chi connectivity index (χ0) is 23.5. The van der Waals surface area contributed by atoms with Crippen LogP contribution < -0.4 is 16.0 Å². The van der Waals surface area contributed by atoms with Crippen LogP contribution in [-0.2, 0) is 21.2 Å². The van der Waals surface area contributed by atoms with Gasteiger partial charge in [-0.2, -0.15) is 18.4 Å². The van der Waals surface area contributed by atoms with Crippen LogP contribution >= 0.6 is 0 Å². The predicted molar refractivity (Wildman–Crippen MR) is 113 cm³/mol. The van der Waals surface area contributed by atoms with Crippen LogP contribution in [0.3, 0.4) is 0 Å². The molecule has 2 aromatic rings. The highest BCUT2D eigenvalue weighted by Crippen LogP contribution is 2.55. The van der Waals surface area contributed by atoms with E-state index in [1.165, 1.54) is 17.0 Å². The summed E-state index contributed by atoms with van der Waals surface area (Å²) >= 11 is 0. The molecule has 0 bridgehead atoms. The summed E-state index contributed by atoms with van der Waals surface area (Å²) < 4.78 is 39.2. The Kier molecular flexibility index (Phi) is 4.40. The van der Waals surface area contributed by atoms with Crippen molar-refractivity contribution >= 4 is 23.1 Å². The lowest BCUT2D eigenvalue weighted by Crippen LogP contribution is -2.50. The maximum absolute atomic E-state index is 13.4. The average molecular weight is 450 g/mol. The Morgan fingerprint density at radius 1 is 1.06 bits per heavy atom. The van der Waals surface area contributed by atoms with Crippen LogP contribution in [0.1, 0.15) is 30.4 Å². The summed E-state index contributed by atoms with van der Waals surface area (Å²) in [6, 6.07) is 13.2. The second-order valence-electron chi connectivity index (χ2n) is 8.10. The van der Waals surface area contributed by atoms with Crippen molar-refractivity contribution in [3.63, 3.8) is 0 Å². The quantitative estimate of drug-likeness (QED) is 0.681. The van der Waals surface area contributed by atoms with Crippen LogP contribution in [-0.4, -0.2) is 11.7 Å². The average Bonchev–Trinajstić information content (AvgIpc) is 3.06. The van der Waals surface area contributed by atoms with Crippen molar-refractivity contribution in [1.82, 2.24) is 0 Å². The highest BCUT2D eigenvalue weighted by Gasteiger charge is 2.60. The summed E-state index contributed by atoms with van der Waals surface area (Å²) in [5, 5.41) is 12.9. The third kappa shape index (κ3) is 2.73. The first-order chi connectivity index (χ1) is 15.7. The number of nitrogens with two attached hydrogens (primary N) is 1. The lowest BCUT2D eigenvalue weighted by Gasteiger charge is -2.43. The highest BCUT2D eigenvalue weighted by atomic mass is 19.4. The first kappa shape index (κ1) is 20.8. The molecule has 2 aliphatic heterocycles. The van der Waals surface area contributed by atoms with Crippen molar-refractivity contribution in [3.05, 3.63) is 82.3 Å². The zero-order valence-corrected chi connectivity index (χ0v) is 17.2. The molecular formula is C24H17F3N4O2. The number of hydrogen-bond donors (Lipinski definition) is 2. The van der Waals surface area contributed by atoms with Gasteiger partial charge in [0.25, 0.3) is 0 Å². The molecule has 1 atom stereocenters. The lowest BCUT2D eigenvalue weighted by atomic mass is 9.64. The van der Waals surface area contributed by atoms with Crippen molar-refractivity contribution in [2.75, 3.05) is 10.2 Å². The fourth-order valence-corrected chi connectivity index (χ4v) is 5.04.